The van der Waals surface area contributed by atoms with Crippen LogP contribution in [0.25, 0.3) is 0 Å². The normalized spacial score (nSPS) is 16.4. The summed E-state index contributed by atoms with van der Waals surface area (Å²) in [7, 11) is 3.57. The Hall–Kier alpha value is -1.30. The van der Waals surface area contributed by atoms with Gasteiger partial charge in [-0.2, -0.15) is 0 Å². The summed E-state index contributed by atoms with van der Waals surface area (Å²) in [4.78, 5) is 25.9. The fourth-order valence-electron chi connectivity index (χ4n) is 2.29. The van der Waals surface area contributed by atoms with Crippen LogP contribution in [0.2, 0.25) is 0 Å². The van der Waals surface area contributed by atoms with E-state index in [-0.39, 0.29) is 11.9 Å². The largest absolute Gasteiger partial charge is 0.370 e. The molecule has 0 unspecified atom stereocenters. The highest BCUT2D eigenvalue weighted by atomic mass is 16.2. The molecule has 1 aliphatic rings. The molecular weight excluding hydrogens is 244 g/mol. The van der Waals surface area contributed by atoms with E-state index in [0.717, 1.165) is 45.3 Å². The molecule has 0 bridgehead atoms. The Kier molecular flexibility index (Phi) is 6.62. The first kappa shape index (κ1) is 15.8. The number of carbonyl (C=O) groups is 2. The molecule has 19 heavy (non-hydrogen) atoms. The van der Waals surface area contributed by atoms with E-state index in [1.54, 1.807) is 19.0 Å². The van der Waals surface area contributed by atoms with Crippen LogP contribution in [0.4, 0.5) is 4.79 Å². The zero-order chi connectivity index (χ0) is 14.3. The highest BCUT2D eigenvalue weighted by Gasteiger charge is 2.22. The van der Waals surface area contributed by atoms with Gasteiger partial charge in [0.05, 0.1) is 0 Å². The third kappa shape index (κ3) is 5.92. The van der Waals surface area contributed by atoms with E-state index < -0.39 is 0 Å². The Bertz CT molecular complexity index is 299. The van der Waals surface area contributed by atoms with Crippen molar-refractivity contribution >= 4 is 11.9 Å². The molecule has 1 aliphatic heterocycles. The lowest BCUT2D eigenvalue weighted by Gasteiger charge is -2.34. The minimum absolute atomic E-state index is 0.0971. The second kappa shape index (κ2) is 7.99. The van der Waals surface area contributed by atoms with Crippen molar-refractivity contribution in [1.82, 2.24) is 15.1 Å². The highest BCUT2D eigenvalue weighted by molar-refractivity contribution is 5.74. The summed E-state index contributed by atoms with van der Waals surface area (Å²) >= 11 is 0. The Labute approximate surface area is 115 Å². The highest BCUT2D eigenvalue weighted by Crippen LogP contribution is 2.11. The van der Waals surface area contributed by atoms with Crippen molar-refractivity contribution in [2.24, 2.45) is 5.73 Å². The zero-order valence-electron chi connectivity index (χ0n) is 12.0. The summed E-state index contributed by atoms with van der Waals surface area (Å²) in [6.07, 6.45) is 4.28. The molecule has 6 nitrogen and oxygen atoms in total. The lowest BCUT2D eigenvalue weighted by atomic mass is 10.1. The van der Waals surface area contributed by atoms with E-state index in [1.165, 1.54) is 0 Å². The van der Waals surface area contributed by atoms with Crippen molar-refractivity contribution in [3.63, 3.8) is 0 Å². The van der Waals surface area contributed by atoms with Gasteiger partial charge in [0.25, 0.3) is 0 Å². The number of unbranched alkanes of at least 4 members (excludes halogenated alkanes) is 1. The van der Waals surface area contributed by atoms with Gasteiger partial charge < -0.3 is 20.9 Å². The molecule has 1 saturated heterocycles. The average Bonchev–Trinajstić information content (AvgIpc) is 2.37. The maximum absolute atomic E-state index is 11.8. The lowest BCUT2D eigenvalue weighted by Crippen LogP contribution is -2.48. The molecule has 0 saturated carbocycles. The number of urea groups is 1. The summed E-state index contributed by atoms with van der Waals surface area (Å²) in [6.45, 7) is 2.55. The molecule has 0 spiro atoms. The molecule has 0 atom stereocenters. The fourth-order valence-corrected chi connectivity index (χ4v) is 2.29. The molecule has 0 aliphatic carbocycles. The third-order valence-corrected chi connectivity index (χ3v) is 3.43. The summed E-state index contributed by atoms with van der Waals surface area (Å²) < 4.78 is 0. The van der Waals surface area contributed by atoms with E-state index in [0.29, 0.717) is 12.5 Å². The van der Waals surface area contributed by atoms with Crippen LogP contribution in [-0.2, 0) is 4.79 Å². The van der Waals surface area contributed by atoms with Crippen molar-refractivity contribution in [2.45, 2.75) is 38.1 Å². The number of nitrogens with two attached hydrogens (primary N) is 1. The number of nitrogens with one attached hydrogen (secondary N) is 1. The van der Waals surface area contributed by atoms with Crippen LogP contribution in [0, 0.1) is 0 Å². The predicted octanol–water partition coefficient (Wildman–Crippen LogP) is 0.378. The van der Waals surface area contributed by atoms with Gasteiger partial charge in [-0.15, -0.1) is 0 Å². The first-order valence-electron chi connectivity index (χ1n) is 6.98. The minimum atomic E-state index is -0.226. The lowest BCUT2D eigenvalue weighted by molar-refractivity contribution is -0.118. The molecule has 3 amide bonds. The van der Waals surface area contributed by atoms with E-state index in [4.69, 9.17) is 5.73 Å². The molecule has 1 heterocycles. The van der Waals surface area contributed by atoms with Gasteiger partial charge in [0.1, 0.15) is 0 Å². The minimum Gasteiger partial charge on any atom is -0.370 e. The molecule has 0 aromatic carbocycles. The van der Waals surface area contributed by atoms with Crippen LogP contribution >= 0.6 is 0 Å². The number of carbonyl (C=O) groups excluding carboxylic acids is 2. The Morgan fingerprint density at radius 1 is 1.26 bits per heavy atom. The number of primary amides is 1. The number of hydrogen-bond donors (Lipinski definition) is 2. The van der Waals surface area contributed by atoms with Gasteiger partial charge in [-0.3, -0.25) is 4.79 Å². The second-order valence-electron chi connectivity index (χ2n) is 5.32. The monoisotopic (exact) mass is 270 g/mol. The van der Waals surface area contributed by atoms with Crippen molar-refractivity contribution < 1.29 is 9.59 Å². The van der Waals surface area contributed by atoms with Gasteiger partial charge in [-0.25, -0.2) is 4.79 Å². The van der Waals surface area contributed by atoms with Crippen LogP contribution in [0.5, 0.6) is 0 Å². The quantitative estimate of drug-likeness (QED) is 0.685. The van der Waals surface area contributed by atoms with Gasteiger partial charge in [-0.1, -0.05) is 0 Å². The molecule has 0 aromatic rings. The number of piperidine rings is 1. The molecule has 1 fully saturated rings. The van der Waals surface area contributed by atoms with Crippen molar-refractivity contribution in [1.29, 1.82) is 0 Å². The Balaban J connectivity index is 2.10. The van der Waals surface area contributed by atoms with Crippen LogP contribution in [0.3, 0.4) is 0 Å². The molecule has 0 aromatic heterocycles. The molecule has 0 radical (unpaired) electrons. The van der Waals surface area contributed by atoms with Gasteiger partial charge in [0, 0.05) is 39.6 Å². The van der Waals surface area contributed by atoms with Crippen molar-refractivity contribution in [3.8, 4) is 0 Å². The summed E-state index contributed by atoms with van der Waals surface area (Å²) in [5, 5.41) is 3.48. The second-order valence-corrected chi connectivity index (χ2v) is 5.32. The molecule has 3 N–H and O–H groups in total. The zero-order valence-corrected chi connectivity index (χ0v) is 12.0. The summed E-state index contributed by atoms with van der Waals surface area (Å²) in [5.41, 5.74) is 5.08. The van der Waals surface area contributed by atoms with E-state index in [1.807, 2.05) is 4.90 Å². The average molecular weight is 270 g/mol. The predicted molar refractivity (Wildman–Crippen MR) is 74.7 cm³/mol. The SMILES string of the molecule is CN(C)C(=O)N1CCC(NCCCCC(N)=O)CC1. The van der Waals surface area contributed by atoms with Crippen molar-refractivity contribution in [3.05, 3.63) is 0 Å². The number of rotatable bonds is 6. The first-order chi connectivity index (χ1) is 9.00. The first-order valence-corrected chi connectivity index (χ1v) is 6.98. The van der Waals surface area contributed by atoms with E-state index in [9.17, 15) is 9.59 Å². The molecular formula is C13H26N4O2. The summed E-state index contributed by atoms with van der Waals surface area (Å²) in [5.74, 6) is -0.226. The number of likely N-dealkylation sites (tertiary alicyclic amines) is 1. The molecule has 1 rings (SSSR count). The Morgan fingerprint density at radius 2 is 1.89 bits per heavy atom. The van der Waals surface area contributed by atoms with Crippen LogP contribution in [0.1, 0.15) is 32.1 Å². The fraction of sp³-hybridized carbons (Fsp3) is 0.846. The van der Waals surface area contributed by atoms with Crippen LogP contribution in [-0.4, -0.2) is 61.5 Å². The molecule has 110 valence electrons. The summed E-state index contributed by atoms with van der Waals surface area (Å²) in [6, 6.07) is 0.583. The van der Waals surface area contributed by atoms with E-state index >= 15 is 0 Å². The Morgan fingerprint density at radius 3 is 2.42 bits per heavy atom. The number of amides is 3. The van der Waals surface area contributed by atoms with Crippen LogP contribution < -0.4 is 11.1 Å². The topological polar surface area (TPSA) is 78.7 Å². The number of hydrogen-bond acceptors (Lipinski definition) is 3. The maximum atomic E-state index is 11.8. The van der Waals surface area contributed by atoms with Gasteiger partial charge >= 0.3 is 6.03 Å². The van der Waals surface area contributed by atoms with Gasteiger partial charge in [0.15, 0.2) is 0 Å². The van der Waals surface area contributed by atoms with Gasteiger partial charge in [0.2, 0.25) is 5.91 Å². The van der Waals surface area contributed by atoms with Gasteiger partial charge in [-0.05, 0) is 32.2 Å². The third-order valence-electron chi connectivity index (χ3n) is 3.43. The standard InChI is InChI=1S/C13H26N4O2/c1-16(2)13(19)17-9-6-11(7-10-17)15-8-4-3-5-12(14)18/h11,15H,3-10H2,1-2H3,(H2,14,18). The number of nitrogens with zero attached hydrogens (tertiary/aromatic N) is 2. The molecule has 6 heteroatoms. The van der Waals surface area contributed by atoms with E-state index in [2.05, 4.69) is 5.32 Å². The maximum Gasteiger partial charge on any atom is 0.319 e. The van der Waals surface area contributed by atoms with Crippen LogP contribution in [0.15, 0.2) is 0 Å². The smallest absolute Gasteiger partial charge is 0.319 e. The van der Waals surface area contributed by atoms with Crippen molar-refractivity contribution in [2.75, 3.05) is 33.7 Å².